The van der Waals surface area contributed by atoms with Crippen molar-refractivity contribution in [1.29, 1.82) is 0 Å². The maximum atomic E-state index is 5.84. The van der Waals surface area contributed by atoms with E-state index in [0.717, 1.165) is 12.8 Å². The van der Waals surface area contributed by atoms with Gasteiger partial charge in [0.05, 0.1) is 6.10 Å². The molecule has 0 aromatic rings. The summed E-state index contributed by atoms with van der Waals surface area (Å²) >= 11 is 3.47. The summed E-state index contributed by atoms with van der Waals surface area (Å²) in [6.07, 6.45) is 2.22. The summed E-state index contributed by atoms with van der Waals surface area (Å²) < 4.78 is 5.11. The summed E-state index contributed by atoms with van der Waals surface area (Å²) in [7, 11) is 1.72. The maximum absolute atomic E-state index is 5.84. The fourth-order valence-electron chi connectivity index (χ4n) is 1.04. The summed E-state index contributed by atoms with van der Waals surface area (Å²) in [6.45, 7) is 4.15. The molecule has 0 saturated carbocycles. The second-order valence-corrected chi connectivity index (χ2v) is 4.62. The number of nitrogens with two attached hydrogens (primary N) is 1. The van der Waals surface area contributed by atoms with E-state index in [1.807, 2.05) is 6.92 Å². The second kappa shape index (κ2) is 5.98. The van der Waals surface area contributed by atoms with E-state index in [9.17, 15) is 0 Å². The third kappa shape index (κ3) is 6.78. The van der Waals surface area contributed by atoms with E-state index in [1.165, 1.54) is 0 Å². The molecule has 0 aromatic heterocycles. The molecule has 0 heterocycles. The van der Waals surface area contributed by atoms with Crippen LogP contribution in [0.25, 0.3) is 0 Å². The predicted molar refractivity (Wildman–Crippen MR) is 52.1 cm³/mol. The Morgan fingerprint density at radius 2 is 1.91 bits per heavy atom. The molecule has 0 aliphatic carbocycles. The first-order chi connectivity index (χ1) is 5.06. The summed E-state index contributed by atoms with van der Waals surface area (Å²) in [5.74, 6) is 0. The number of methoxy groups -OCH3 is 1. The quantitative estimate of drug-likeness (QED) is 0.724. The lowest BCUT2D eigenvalue weighted by Gasteiger charge is -2.16. The van der Waals surface area contributed by atoms with Crippen LogP contribution in [0.15, 0.2) is 0 Å². The first-order valence-electron chi connectivity index (χ1n) is 3.98. The molecule has 0 saturated heterocycles. The van der Waals surface area contributed by atoms with Crippen LogP contribution in [0.1, 0.15) is 26.7 Å². The monoisotopic (exact) mass is 223 g/mol. The molecule has 2 nitrogen and oxygen atoms in total. The highest BCUT2D eigenvalue weighted by molar-refractivity contribution is 9.09. The lowest BCUT2D eigenvalue weighted by atomic mass is 10.1. The van der Waals surface area contributed by atoms with Gasteiger partial charge in [0.25, 0.3) is 0 Å². The zero-order valence-electron chi connectivity index (χ0n) is 7.51. The molecule has 11 heavy (non-hydrogen) atoms. The van der Waals surface area contributed by atoms with Gasteiger partial charge in [-0.1, -0.05) is 22.9 Å². The third-order valence-electron chi connectivity index (χ3n) is 1.66. The fourth-order valence-corrected chi connectivity index (χ4v) is 1.52. The van der Waals surface area contributed by atoms with Crippen LogP contribution >= 0.6 is 15.9 Å². The first-order valence-corrected chi connectivity index (χ1v) is 4.90. The van der Waals surface area contributed by atoms with Crippen molar-refractivity contribution in [2.45, 2.75) is 43.7 Å². The minimum atomic E-state index is 0.249. The zero-order valence-corrected chi connectivity index (χ0v) is 9.10. The average Bonchev–Trinajstić information content (AvgIpc) is 1.85. The summed E-state index contributed by atoms with van der Waals surface area (Å²) in [6, 6.07) is 0.249. The van der Waals surface area contributed by atoms with Gasteiger partial charge in [-0.25, -0.2) is 0 Å². The molecular formula is C8H18BrNO. The minimum Gasteiger partial charge on any atom is -0.382 e. The topological polar surface area (TPSA) is 35.2 Å². The van der Waals surface area contributed by atoms with Crippen LogP contribution in [0.2, 0.25) is 0 Å². The molecular weight excluding hydrogens is 206 g/mol. The Balaban J connectivity index is 3.43. The molecule has 0 aliphatic heterocycles. The lowest BCUT2D eigenvalue weighted by Crippen LogP contribution is -2.27. The summed E-state index contributed by atoms with van der Waals surface area (Å²) in [4.78, 5) is 0.501. The van der Waals surface area contributed by atoms with E-state index in [0.29, 0.717) is 4.83 Å². The molecule has 3 atom stereocenters. The van der Waals surface area contributed by atoms with E-state index in [4.69, 9.17) is 10.5 Å². The van der Waals surface area contributed by atoms with Crippen molar-refractivity contribution < 1.29 is 4.74 Å². The highest BCUT2D eigenvalue weighted by atomic mass is 79.9. The molecule has 0 amide bonds. The smallest absolute Gasteiger partial charge is 0.0558 e. The van der Waals surface area contributed by atoms with E-state index in [2.05, 4.69) is 22.9 Å². The van der Waals surface area contributed by atoms with Gasteiger partial charge in [-0.05, 0) is 19.8 Å². The van der Waals surface area contributed by atoms with Crippen LogP contribution in [0, 0.1) is 0 Å². The van der Waals surface area contributed by atoms with Gasteiger partial charge in [0.15, 0.2) is 0 Å². The third-order valence-corrected chi connectivity index (χ3v) is 2.04. The fraction of sp³-hybridized carbons (Fsp3) is 1.00. The Kier molecular flexibility index (Phi) is 6.19. The van der Waals surface area contributed by atoms with Crippen molar-refractivity contribution in [2.24, 2.45) is 5.73 Å². The molecule has 0 radical (unpaired) electrons. The molecule has 1 unspecified atom stereocenters. The van der Waals surface area contributed by atoms with Crippen LogP contribution in [0.3, 0.4) is 0 Å². The Bertz CT molecular complexity index is 98.1. The van der Waals surface area contributed by atoms with Crippen molar-refractivity contribution in [3.63, 3.8) is 0 Å². The van der Waals surface area contributed by atoms with Gasteiger partial charge in [0.1, 0.15) is 0 Å². The van der Waals surface area contributed by atoms with Crippen LogP contribution in [-0.2, 0) is 4.74 Å². The molecule has 0 rings (SSSR count). The van der Waals surface area contributed by atoms with Gasteiger partial charge in [0.2, 0.25) is 0 Å². The Morgan fingerprint density at radius 1 is 1.36 bits per heavy atom. The molecule has 0 bridgehead atoms. The molecule has 0 spiro atoms. The van der Waals surface area contributed by atoms with Gasteiger partial charge in [-0.3, -0.25) is 0 Å². The van der Waals surface area contributed by atoms with E-state index in [-0.39, 0.29) is 12.1 Å². The number of halogens is 1. The van der Waals surface area contributed by atoms with E-state index in [1.54, 1.807) is 7.11 Å². The first kappa shape index (κ1) is 11.4. The van der Waals surface area contributed by atoms with Crippen molar-refractivity contribution in [3.05, 3.63) is 0 Å². The predicted octanol–water partition coefficient (Wildman–Crippen LogP) is 1.91. The van der Waals surface area contributed by atoms with Crippen LogP contribution in [0.4, 0.5) is 0 Å². The van der Waals surface area contributed by atoms with Gasteiger partial charge < -0.3 is 10.5 Å². The van der Waals surface area contributed by atoms with Crippen LogP contribution in [-0.4, -0.2) is 24.1 Å². The molecule has 68 valence electrons. The number of rotatable bonds is 5. The second-order valence-electron chi connectivity index (χ2n) is 3.06. The molecule has 3 heteroatoms. The molecule has 2 N–H and O–H groups in total. The van der Waals surface area contributed by atoms with Crippen molar-refractivity contribution >= 4 is 15.9 Å². The molecule has 0 fully saturated rings. The highest BCUT2D eigenvalue weighted by Crippen LogP contribution is 2.10. The number of hydrogen-bond donors (Lipinski definition) is 1. The maximum Gasteiger partial charge on any atom is 0.0558 e. The number of alkyl halides is 1. The summed E-state index contributed by atoms with van der Waals surface area (Å²) in [5, 5.41) is 0. The van der Waals surface area contributed by atoms with E-state index < -0.39 is 0 Å². The average molecular weight is 224 g/mol. The zero-order chi connectivity index (χ0) is 8.85. The van der Waals surface area contributed by atoms with Crippen LogP contribution < -0.4 is 5.73 Å². The van der Waals surface area contributed by atoms with Crippen molar-refractivity contribution in [3.8, 4) is 0 Å². The molecule has 0 aliphatic rings. The van der Waals surface area contributed by atoms with Gasteiger partial charge in [0, 0.05) is 18.0 Å². The van der Waals surface area contributed by atoms with Gasteiger partial charge >= 0.3 is 0 Å². The Hall–Kier alpha value is 0.400. The van der Waals surface area contributed by atoms with Gasteiger partial charge in [-0.15, -0.1) is 0 Å². The minimum absolute atomic E-state index is 0.249. The lowest BCUT2D eigenvalue weighted by molar-refractivity contribution is 0.104. The van der Waals surface area contributed by atoms with Gasteiger partial charge in [-0.2, -0.15) is 0 Å². The Morgan fingerprint density at radius 3 is 2.27 bits per heavy atom. The largest absolute Gasteiger partial charge is 0.382 e. The standard InChI is InChI=1S/C8H18BrNO/c1-6(9)4-8(10)5-7(2)11-3/h6-8H,4-5,10H2,1-3H3/t6-,7?,8-/m1/s1. The summed E-state index contributed by atoms with van der Waals surface area (Å²) in [5.41, 5.74) is 5.84. The molecule has 0 aromatic carbocycles. The SMILES string of the molecule is COC(C)C[C@H](N)C[C@@H](C)Br. The van der Waals surface area contributed by atoms with E-state index >= 15 is 0 Å². The number of hydrogen-bond acceptors (Lipinski definition) is 2. The van der Waals surface area contributed by atoms with Crippen LogP contribution in [0.5, 0.6) is 0 Å². The van der Waals surface area contributed by atoms with Crippen molar-refractivity contribution in [1.82, 2.24) is 0 Å². The normalized spacial score (nSPS) is 19.4. The number of ether oxygens (including phenoxy) is 1. The van der Waals surface area contributed by atoms with Crippen molar-refractivity contribution in [2.75, 3.05) is 7.11 Å². The Labute approximate surface area is 77.6 Å². The highest BCUT2D eigenvalue weighted by Gasteiger charge is 2.10.